The number of hydrogen-bond acceptors (Lipinski definition) is 8. The predicted molar refractivity (Wildman–Crippen MR) is 124 cm³/mol. The highest BCUT2D eigenvalue weighted by Crippen LogP contribution is 2.38. The standard InChI is InChI=1S/C23H22N6O5/c1-31-16-7-5-15(9-18(16)33-3)27-23-21(28-22-14(10-24)11-26-29(22)23)13-4-6-17(32-2)19(8-13)34-12-20(25)30/h4-9,11,27-28H,12H2,1-3H3,(H2,25,30). The zero-order valence-corrected chi connectivity index (χ0v) is 18.7. The van der Waals surface area contributed by atoms with Crippen LogP contribution in [0.1, 0.15) is 5.56 Å². The van der Waals surface area contributed by atoms with Gasteiger partial charge in [0, 0.05) is 17.3 Å². The Hall–Kier alpha value is -4.85. The summed E-state index contributed by atoms with van der Waals surface area (Å²) in [5.41, 5.74) is 8.13. The van der Waals surface area contributed by atoms with Crippen LogP contribution in [-0.4, -0.2) is 48.4 Å². The number of H-pyrrole nitrogens is 1. The lowest BCUT2D eigenvalue weighted by atomic mass is 10.1. The second-order valence-electron chi connectivity index (χ2n) is 7.09. The first-order chi connectivity index (χ1) is 16.5. The van der Waals surface area contributed by atoms with Crippen molar-refractivity contribution >= 4 is 23.1 Å². The van der Waals surface area contributed by atoms with Crippen molar-refractivity contribution in [3.63, 3.8) is 0 Å². The van der Waals surface area contributed by atoms with E-state index in [1.54, 1.807) is 43.0 Å². The van der Waals surface area contributed by atoms with Gasteiger partial charge >= 0.3 is 0 Å². The average Bonchev–Trinajstić information content (AvgIpc) is 3.42. The SMILES string of the molecule is COc1ccc(Nc2c(-c3ccc(OC)c(OCC(N)=O)c3)[nH]c3c(C#N)cnn23)cc1OC. The second kappa shape index (κ2) is 9.33. The van der Waals surface area contributed by atoms with Crippen LogP contribution in [0, 0.1) is 11.3 Å². The van der Waals surface area contributed by atoms with Gasteiger partial charge in [-0.3, -0.25) is 4.79 Å². The first-order valence-electron chi connectivity index (χ1n) is 10.1. The van der Waals surface area contributed by atoms with E-state index in [-0.39, 0.29) is 6.61 Å². The maximum absolute atomic E-state index is 11.2. The van der Waals surface area contributed by atoms with Gasteiger partial charge in [-0.25, -0.2) is 0 Å². The summed E-state index contributed by atoms with van der Waals surface area (Å²) in [6, 6.07) is 12.7. The molecule has 0 bridgehead atoms. The monoisotopic (exact) mass is 462 g/mol. The lowest BCUT2D eigenvalue weighted by Crippen LogP contribution is -2.20. The van der Waals surface area contributed by atoms with E-state index in [2.05, 4.69) is 21.5 Å². The zero-order valence-electron chi connectivity index (χ0n) is 18.7. The Morgan fingerprint density at radius 2 is 1.79 bits per heavy atom. The Labute approximate surface area is 194 Å². The van der Waals surface area contributed by atoms with Crippen LogP contribution in [0.4, 0.5) is 11.5 Å². The van der Waals surface area contributed by atoms with E-state index < -0.39 is 5.91 Å². The normalized spacial score (nSPS) is 10.5. The third-order valence-electron chi connectivity index (χ3n) is 5.05. The van der Waals surface area contributed by atoms with E-state index >= 15 is 0 Å². The quantitative estimate of drug-likeness (QED) is 0.344. The lowest BCUT2D eigenvalue weighted by molar-refractivity contribution is -0.119. The van der Waals surface area contributed by atoms with Gasteiger partial charge in [0.25, 0.3) is 5.91 Å². The summed E-state index contributed by atoms with van der Waals surface area (Å²) in [5.74, 6) is 1.86. The van der Waals surface area contributed by atoms with Gasteiger partial charge in [-0.05, 0) is 30.3 Å². The summed E-state index contributed by atoms with van der Waals surface area (Å²) in [6.07, 6.45) is 1.48. The summed E-state index contributed by atoms with van der Waals surface area (Å²) in [7, 11) is 4.62. The van der Waals surface area contributed by atoms with E-state index in [4.69, 9.17) is 24.7 Å². The molecule has 11 heteroatoms. The van der Waals surface area contributed by atoms with Crippen molar-refractivity contribution in [1.82, 2.24) is 14.6 Å². The number of carbonyl (C=O) groups is 1. The third kappa shape index (κ3) is 4.12. The Balaban J connectivity index is 1.83. The number of aromatic amines is 1. The van der Waals surface area contributed by atoms with E-state index in [1.807, 2.05) is 12.1 Å². The molecular weight excluding hydrogens is 440 g/mol. The molecule has 11 nitrogen and oxygen atoms in total. The molecule has 0 aliphatic heterocycles. The van der Waals surface area contributed by atoms with Gasteiger partial charge < -0.3 is 35.0 Å². The summed E-state index contributed by atoms with van der Waals surface area (Å²) in [5, 5.41) is 17.2. The maximum atomic E-state index is 11.2. The van der Waals surface area contributed by atoms with Crippen LogP contribution < -0.4 is 30.0 Å². The number of benzene rings is 2. The second-order valence-corrected chi connectivity index (χ2v) is 7.09. The molecule has 4 rings (SSSR count). The van der Waals surface area contributed by atoms with Gasteiger partial charge in [-0.1, -0.05) is 0 Å². The number of anilines is 2. The van der Waals surface area contributed by atoms with E-state index in [0.29, 0.717) is 57.0 Å². The van der Waals surface area contributed by atoms with Gasteiger partial charge in [0.1, 0.15) is 11.6 Å². The molecule has 4 N–H and O–H groups in total. The van der Waals surface area contributed by atoms with E-state index in [9.17, 15) is 10.1 Å². The minimum Gasteiger partial charge on any atom is -0.493 e. The molecule has 0 saturated carbocycles. The first-order valence-corrected chi connectivity index (χ1v) is 10.1. The summed E-state index contributed by atoms with van der Waals surface area (Å²) >= 11 is 0. The van der Waals surface area contributed by atoms with Crippen LogP contribution in [-0.2, 0) is 4.79 Å². The number of nitrogens with zero attached hydrogens (tertiary/aromatic N) is 3. The van der Waals surface area contributed by atoms with Gasteiger partial charge in [-0.15, -0.1) is 0 Å². The van der Waals surface area contributed by atoms with Crippen molar-refractivity contribution in [2.45, 2.75) is 0 Å². The van der Waals surface area contributed by atoms with Gasteiger partial charge in [0.2, 0.25) is 0 Å². The van der Waals surface area contributed by atoms with Gasteiger partial charge in [-0.2, -0.15) is 14.9 Å². The van der Waals surface area contributed by atoms with Crippen LogP contribution in [0.5, 0.6) is 23.0 Å². The molecule has 0 unspecified atom stereocenters. The highest BCUT2D eigenvalue weighted by atomic mass is 16.5. The molecule has 0 spiro atoms. The molecule has 0 atom stereocenters. The van der Waals surface area contributed by atoms with Crippen molar-refractivity contribution in [2.75, 3.05) is 33.3 Å². The molecule has 0 saturated heterocycles. The highest BCUT2D eigenvalue weighted by molar-refractivity contribution is 5.82. The van der Waals surface area contributed by atoms with Gasteiger partial charge in [0.15, 0.2) is 41.1 Å². The van der Waals surface area contributed by atoms with Crippen molar-refractivity contribution in [2.24, 2.45) is 5.73 Å². The number of fused-ring (bicyclic) bond motifs is 1. The van der Waals surface area contributed by atoms with Crippen molar-refractivity contribution in [3.8, 4) is 40.3 Å². The topological polar surface area (TPSA) is 149 Å². The molecule has 2 heterocycles. The molecule has 1 amide bonds. The number of nitrogens with two attached hydrogens (primary N) is 1. The Bertz CT molecular complexity index is 1400. The Kier molecular flexibility index (Phi) is 6.13. The summed E-state index contributed by atoms with van der Waals surface area (Å²) in [6.45, 7) is -0.302. The number of amides is 1. The predicted octanol–water partition coefficient (Wildman–Crippen LogP) is 2.83. The smallest absolute Gasteiger partial charge is 0.255 e. The number of primary amides is 1. The fourth-order valence-corrected chi connectivity index (χ4v) is 3.47. The number of carbonyl (C=O) groups excluding carboxylic acids is 1. The third-order valence-corrected chi connectivity index (χ3v) is 5.05. The van der Waals surface area contributed by atoms with Crippen molar-refractivity contribution in [1.29, 1.82) is 5.26 Å². The fourth-order valence-electron chi connectivity index (χ4n) is 3.47. The molecule has 2 aromatic heterocycles. The van der Waals surface area contributed by atoms with Crippen molar-refractivity contribution < 1.29 is 23.7 Å². The number of aromatic nitrogens is 3. The van der Waals surface area contributed by atoms with E-state index in [1.165, 1.54) is 13.3 Å². The Morgan fingerprint density at radius 3 is 2.47 bits per heavy atom. The Morgan fingerprint density at radius 1 is 1.09 bits per heavy atom. The molecule has 0 fully saturated rings. The maximum Gasteiger partial charge on any atom is 0.255 e. The largest absolute Gasteiger partial charge is 0.493 e. The van der Waals surface area contributed by atoms with Crippen LogP contribution in [0.2, 0.25) is 0 Å². The molecule has 0 radical (unpaired) electrons. The fraction of sp³-hybridized carbons (Fsp3) is 0.174. The molecular formula is C23H22N6O5. The molecule has 0 aliphatic rings. The minimum atomic E-state index is -0.611. The van der Waals surface area contributed by atoms with Crippen LogP contribution >= 0.6 is 0 Å². The number of rotatable bonds is 9. The van der Waals surface area contributed by atoms with Crippen LogP contribution in [0.25, 0.3) is 16.9 Å². The van der Waals surface area contributed by atoms with E-state index in [0.717, 1.165) is 0 Å². The summed E-state index contributed by atoms with van der Waals surface area (Å²) < 4.78 is 23.2. The lowest BCUT2D eigenvalue weighted by Gasteiger charge is -2.13. The number of methoxy groups -OCH3 is 3. The highest BCUT2D eigenvalue weighted by Gasteiger charge is 2.20. The van der Waals surface area contributed by atoms with Crippen molar-refractivity contribution in [3.05, 3.63) is 48.2 Å². The molecule has 174 valence electrons. The number of hydrogen-bond donors (Lipinski definition) is 3. The number of nitrogens with one attached hydrogen (secondary N) is 2. The molecule has 4 aromatic rings. The number of imidazole rings is 1. The summed E-state index contributed by atoms with van der Waals surface area (Å²) in [4.78, 5) is 14.5. The van der Waals surface area contributed by atoms with Gasteiger partial charge in [0.05, 0.1) is 33.2 Å². The first kappa shape index (κ1) is 22.3. The van der Waals surface area contributed by atoms with Crippen LogP contribution in [0.3, 0.4) is 0 Å². The number of nitriles is 1. The molecule has 0 aliphatic carbocycles. The zero-order chi connectivity index (χ0) is 24.2. The number of ether oxygens (including phenoxy) is 4. The minimum absolute atomic E-state index is 0.302. The van der Waals surface area contributed by atoms with Crippen LogP contribution in [0.15, 0.2) is 42.6 Å². The molecule has 34 heavy (non-hydrogen) atoms. The molecule has 2 aromatic carbocycles. The average molecular weight is 462 g/mol.